The summed E-state index contributed by atoms with van der Waals surface area (Å²) < 4.78 is 6.57. The number of hydrogen-bond acceptors (Lipinski definition) is 3. The average Bonchev–Trinajstić information content (AvgIpc) is 2.67. The SMILES string of the molecule is CCCn1c(C(=O)OC)nc2ccc(Cl)cc21. The van der Waals surface area contributed by atoms with Crippen LogP contribution in [0.15, 0.2) is 18.2 Å². The summed E-state index contributed by atoms with van der Waals surface area (Å²) in [6.45, 7) is 2.75. The van der Waals surface area contributed by atoms with Crippen LogP contribution < -0.4 is 0 Å². The minimum atomic E-state index is -0.425. The van der Waals surface area contributed by atoms with Crippen molar-refractivity contribution in [3.8, 4) is 0 Å². The van der Waals surface area contributed by atoms with Crippen molar-refractivity contribution in [3.05, 3.63) is 29.0 Å². The number of nitrogens with zero attached hydrogens (tertiary/aromatic N) is 2. The topological polar surface area (TPSA) is 44.1 Å². The van der Waals surface area contributed by atoms with Gasteiger partial charge in [0.25, 0.3) is 0 Å². The van der Waals surface area contributed by atoms with Crippen molar-refractivity contribution < 1.29 is 9.53 Å². The molecule has 5 heteroatoms. The normalized spacial score (nSPS) is 10.8. The van der Waals surface area contributed by atoms with Gasteiger partial charge in [0.2, 0.25) is 5.82 Å². The molecule has 17 heavy (non-hydrogen) atoms. The molecule has 0 saturated carbocycles. The van der Waals surface area contributed by atoms with E-state index in [1.165, 1.54) is 7.11 Å². The van der Waals surface area contributed by atoms with E-state index in [0.29, 0.717) is 17.4 Å². The van der Waals surface area contributed by atoms with Gasteiger partial charge in [-0.05, 0) is 24.6 Å². The van der Waals surface area contributed by atoms with Gasteiger partial charge in [-0.15, -0.1) is 0 Å². The molecule has 0 saturated heterocycles. The highest BCUT2D eigenvalue weighted by molar-refractivity contribution is 6.31. The number of ether oxygens (including phenoxy) is 1. The number of esters is 1. The molecule has 0 bridgehead atoms. The van der Waals surface area contributed by atoms with Gasteiger partial charge >= 0.3 is 5.97 Å². The number of carbonyl (C=O) groups is 1. The van der Waals surface area contributed by atoms with Crippen LogP contribution in [0, 0.1) is 0 Å². The molecule has 0 amide bonds. The molecule has 0 aliphatic heterocycles. The minimum absolute atomic E-state index is 0.326. The van der Waals surface area contributed by atoms with Crippen LogP contribution in [0.5, 0.6) is 0 Å². The Morgan fingerprint density at radius 2 is 2.29 bits per heavy atom. The molecule has 0 atom stereocenters. The van der Waals surface area contributed by atoms with Crippen LogP contribution in [0.25, 0.3) is 11.0 Å². The maximum atomic E-state index is 11.6. The molecule has 4 nitrogen and oxygen atoms in total. The maximum Gasteiger partial charge on any atom is 0.374 e. The minimum Gasteiger partial charge on any atom is -0.463 e. The van der Waals surface area contributed by atoms with Crippen LogP contribution in [-0.4, -0.2) is 22.6 Å². The van der Waals surface area contributed by atoms with Crippen molar-refractivity contribution in [2.45, 2.75) is 19.9 Å². The lowest BCUT2D eigenvalue weighted by Crippen LogP contribution is -2.11. The third-order valence-electron chi connectivity index (χ3n) is 2.53. The molecular formula is C12H13ClN2O2. The third kappa shape index (κ3) is 2.13. The first-order valence-corrected chi connectivity index (χ1v) is 5.79. The summed E-state index contributed by atoms with van der Waals surface area (Å²) in [6, 6.07) is 5.37. The predicted molar refractivity (Wildman–Crippen MR) is 66.4 cm³/mol. The number of fused-ring (bicyclic) bond motifs is 1. The van der Waals surface area contributed by atoms with E-state index >= 15 is 0 Å². The van der Waals surface area contributed by atoms with Gasteiger partial charge in [-0.3, -0.25) is 0 Å². The highest BCUT2D eigenvalue weighted by atomic mass is 35.5. The molecule has 0 aliphatic carbocycles. The fourth-order valence-electron chi connectivity index (χ4n) is 1.79. The maximum absolute atomic E-state index is 11.6. The van der Waals surface area contributed by atoms with E-state index in [2.05, 4.69) is 4.98 Å². The molecule has 0 N–H and O–H groups in total. The molecule has 1 aromatic carbocycles. The zero-order chi connectivity index (χ0) is 12.4. The van der Waals surface area contributed by atoms with Gasteiger partial charge in [-0.25, -0.2) is 9.78 Å². The standard InChI is InChI=1S/C12H13ClN2O2/c1-3-6-15-10-7-8(13)4-5-9(10)14-11(15)12(16)17-2/h4-5,7H,3,6H2,1-2H3. The summed E-state index contributed by atoms with van der Waals surface area (Å²) in [5.41, 5.74) is 1.61. The number of benzene rings is 1. The molecule has 2 aromatic rings. The van der Waals surface area contributed by atoms with Crippen LogP contribution >= 0.6 is 11.6 Å². The zero-order valence-electron chi connectivity index (χ0n) is 9.74. The third-order valence-corrected chi connectivity index (χ3v) is 2.76. The van der Waals surface area contributed by atoms with Crippen molar-refractivity contribution in [1.29, 1.82) is 0 Å². The van der Waals surface area contributed by atoms with Crippen LogP contribution in [0.2, 0.25) is 5.02 Å². The Hall–Kier alpha value is -1.55. The van der Waals surface area contributed by atoms with Gasteiger partial charge in [0.05, 0.1) is 18.1 Å². The number of rotatable bonds is 3. The Morgan fingerprint density at radius 3 is 2.94 bits per heavy atom. The molecule has 0 aliphatic rings. The first kappa shape index (κ1) is 11.9. The predicted octanol–water partition coefficient (Wildman–Crippen LogP) is 2.89. The second-order valence-corrected chi connectivity index (χ2v) is 4.15. The van der Waals surface area contributed by atoms with Gasteiger partial charge in [-0.2, -0.15) is 0 Å². The second kappa shape index (κ2) is 4.75. The largest absolute Gasteiger partial charge is 0.463 e. The van der Waals surface area contributed by atoms with E-state index in [-0.39, 0.29) is 0 Å². The molecule has 1 aromatic heterocycles. The lowest BCUT2D eigenvalue weighted by atomic mass is 10.3. The van der Waals surface area contributed by atoms with E-state index in [4.69, 9.17) is 16.3 Å². The first-order chi connectivity index (χ1) is 8.17. The van der Waals surface area contributed by atoms with E-state index in [9.17, 15) is 4.79 Å². The van der Waals surface area contributed by atoms with E-state index in [1.54, 1.807) is 12.1 Å². The van der Waals surface area contributed by atoms with Crippen molar-refractivity contribution in [3.63, 3.8) is 0 Å². The molecule has 0 radical (unpaired) electrons. The Balaban J connectivity index is 2.66. The lowest BCUT2D eigenvalue weighted by molar-refractivity contribution is 0.0582. The quantitative estimate of drug-likeness (QED) is 0.789. The van der Waals surface area contributed by atoms with Crippen molar-refractivity contribution >= 4 is 28.6 Å². The fraction of sp³-hybridized carbons (Fsp3) is 0.333. The monoisotopic (exact) mass is 252 g/mol. The molecular weight excluding hydrogens is 240 g/mol. The summed E-state index contributed by atoms with van der Waals surface area (Å²) >= 11 is 5.96. The lowest BCUT2D eigenvalue weighted by Gasteiger charge is -2.05. The molecule has 0 unspecified atom stereocenters. The Bertz CT molecular complexity index is 563. The number of aryl methyl sites for hydroxylation is 1. The summed E-state index contributed by atoms with van der Waals surface area (Å²) in [7, 11) is 1.35. The Labute approximate surface area is 104 Å². The van der Waals surface area contributed by atoms with Crippen molar-refractivity contribution in [2.75, 3.05) is 7.11 Å². The molecule has 0 spiro atoms. The van der Waals surface area contributed by atoms with Crippen molar-refractivity contribution in [2.24, 2.45) is 0 Å². The number of halogens is 1. The van der Waals surface area contributed by atoms with Crippen LogP contribution in [0.4, 0.5) is 0 Å². The molecule has 1 heterocycles. The van der Waals surface area contributed by atoms with Crippen LogP contribution in [-0.2, 0) is 11.3 Å². The molecule has 0 fully saturated rings. The zero-order valence-corrected chi connectivity index (χ0v) is 10.5. The van der Waals surface area contributed by atoms with E-state index in [1.807, 2.05) is 17.6 Å². The highest BCUT2D eigenvalue weighted by Crippen LogP contribution is 2.21. The number of methoxy groups -OCH3 is 1. The highest BCUT2D eigenvalue weighted by Gasteiger charge is 2.17. The van der Waals surface area contributed by atoms with Gasteiger partial charge in [0.1, 0.15) is 0 Å². The van der Waals surface area contributed by atoms with Gasteiger partial charge < -0.3 is 9.30 Å². The summed E-state index contributed by atoms with van der Waals surface area (Å²) in [5.74, 6) is -0.0996. The smallest absolute Gasteiger partial charge is 0.374 e. The van der Waals surface area contributed by atoms with Gasteiger partial charge in [0.15, 0.2) is 0 Å². The van der Waals surface area contributed by atoms with Crippen LogP contribution in [0.1, 0.15) is 24.0 Å². The number of carbonyl (C=O) groups excluding carboxylic acids is 1. The fourth-order valence-corrected chi connectivity index (χ4v) is 1.96. The number of imidazole rings is 1. The van der Waals surface area contributed by atoms with E-state index in [0.717, 1.165) is 17.5 Å². The van der Waals surface area contributed by atoms with Crippen LogP contribution in [0.3, 0.4) is 0 Å². The van der Waals surface area contributed by atoms with E-state index < -0.39 is 5.97 Å². The van der Waals surface area contributed by atoms with Crippen molar-refractivity contribution in [1.82, 2.24) is 9.55 Å². The summed E-state index contributed by atoms with van der Waals surface area (Å²) in [4.78, 5) is 15.9. The molecule has 2 rings (SSSR count). The average molecular weight is 253 g/mol. The summed E-state index contributed by atoms with van der Waals surface area (Å²) in [5, 5.41) is 0.631. The number of aromatic nitrogens is 2. The number of hydrogen-bond donors (Lipinski definition) is 0. The Kier molecular flexibility index (Phi) is 3.33. The van der Waals surface area contributed by atoms with Gasteiger partial charge in [-0.1, -0.05) is 18.5 Å². The summed E-state index contributed by atoms with van der Waals surface area (Å²) in [6.07, 6.45) is 0.905. The Morgan fingerprint density at radius 1 is 1.53 bits per heavy atom. The molecule has 90 valence electrons. The van der Waals surface area contributed by atoms with Gasteiger partial charge in [0, 0.05) is 11.6 Å². The first-order valence-electron chi connectivity index (χ1n) is 5.41. The second-order valence-electron chi connectivity index (χ2n) is 3.71.